The van der Waals surface area contributed by atoms with Gasteiger partial charge in [0.25, 0.3) is 0 Å². The van der Waals surface area contributed by atoms with Crippen molar-refractivity contribution in [1.29, 1.82) is 0 Å². The van der Waals surface area contributed by atoms with Crippen molar-refractivity contribution in [2.45, 2.75) is 51.0 Å². The summed E-state index contributed by atoms with van der Waals surface area (Å²) in [5, 5.41) is 6.80. The fourth-order valence-electron chi connectivity index (χ4n) is 2.86. The molecule has 1 saturated carbocycles. The van der Waals surface area contributed by atoms with E-state index in [1.165, 1.54) is 44.9 Å². The quantitative estimate of drug-likeness (QED) is 0.830. The van der Waals surface area contributed by atoms with E-state index in [-0.39, 0.29) is 17.0 Å². The molecule has 5 heteroatoms. The van der Waals surface area contributed by atoms with Crippen LogP contribution in [0.2, 0.25) is 0 Å². The van der Waals surface area contributed by atoms with Gasteiger partial charge in [0, 0.05) is 26.7 Å². The van der Waals surface area contributed by atoms with Crippen molar-refractivity contribution in [3.8, 4) is 0 Å². The maximum atomic E-state index is 5.41. The van der Waals surface area contributed by atoms with Crippen LogP contribution >= 0.6 is 17.0 Å². The highest BCUT2D eigenvalue weighted by Gasteiger charge is 2.20. The molecule has 19 heavy (non-hydrogen) atoms. The van der Waals surface area contributed by atoms with E-state index in [2.05, 4.69) is 15.6 Å². The van der Waals surface area contributed by atoms with Gasteiger partial charge in [0.05, 0.1) is 6.10 Å². The van der Waals surface area contributed by atoms with Crippen molar-refractivity contribution >= 4 is 22.9 Å². The molecule has 1 fully saturated rings. The van der Waals surface area contributed by atoms with Gasteiger partial charge in [-0.15, -0.1) is 17.0 Å². The Labute approximate surface area is 127 Å². The normalized spacial score (nSPS) is 27.5. The number of nitrogens with one attached hydrogen (secondary N) is 2. The van der Waals surface area contributed by atoms with Crippen LogP contribution in [0.1, 0.15) is 44.9 Å². The fourth-order valence-corrected chi connectivity index (χ4v) is 2.86. The standard InChI is InChI=1S/C14H27N3O.BrH/c1-18-13-6-4-12(5-7-13)8-11-17-14-15-9-2-3-10-16-14;/h12-13H,2-11H2,1H3,(H2,15,16,17);1H. The average molecular weight is 334 g/mol. The highest BCUT2D eigenvalue weighted by atomic mass is 79.9. The largest absolute Gasteiger partial charge is 0.381 e. The number of rotatable bonds is 4. The second kappa shape index (κ2) is 9.59. The zero-order chi connectivity index (χ0) is 12.6. The predicted molar refractivity (Wildman–Crippen MR) is 85.2 cm³/mol. The SMILES string of the molecule is Br.COC1CCC(CCNC2=NCCCCN2)CC1. The molecule has 0 aromatic heterocycles. The third-order valence-corrected chi connectivity index (χ3v) is 4.12. The molecular formula is C14H28BrN3O. The fraction of sp³-hybridized carbons (Fsp3) is 0.929. The summed E-state index contributed by atoms with van der Waals surface area (Å²) >= 11 is 0. The maximum absolute atomic E-state index is 5.41. The minimum Gasteiger partial charge on any atom is -0.381 e. The van der Waals surface area contributed by atoms with E-state index in [0.29, 0.717) is 6.10 Å². The summed E-state index contributed by atoms with van der Waals surface area (Å²) in [5.74, 6) is 1.88. The number of ether oxygens (including phenoxy) is 1. The number of guanidine groups is 1. The van der Waals surface area contributed by atoms with Gasteiger partial charge in [-0.1, -0.05) is 0 Å². The Morgan fingerprint density at radius 2 is 2.05 bits per heavy atom. The van der Waals surface area contributed by atoms with Crippen LogP contribution in [0, 0.1) is 5.92 Å². The lowest BCUT2D eigenvalue weighted by atomic mass is 9.85. The van der Waals surface area contributed by atoms with E-state index >= 15 is 0 Å². The number of aliphatic imine (C=N–C) groups is 1. The summed E-state index contributed by atoms with van der Waals surface area (Å²) < 4.78 is 5.41. The molecule has 0 aromatic carbocycles. The molecule has 2 aliphatic rings. The lowest BCUT2D eigenvalue weighted by molar-refractivity contribution is 0.0557. The Bertz CT molecular complexity index is 265. The Morgan fingerprint density at radius 1 is 1.26 bits per heavy atom. The van der Waals surface area contributed by atoms with Crippen LogP contribution in [0.3, 0.4) is 0 Å². The molecule has 0 radical (unpaired) electrons. The molecule has 0 atom stereocenters. The first-order valence-corrected chi connectivity index (χ1v) is 7.43. The zero-order valence-electron chi connectivity index (χ0n) is 12.0. The van der Waals surface area contributed by atoms with Crippen LogP contribution in [-0.4, -0.2) is 38.8 Å². The number of hydrogen-bond donors (Lipinski definition) is 2. The van der Waals surface area contributed by atoms with E-state index in [1.807, 2.05) is 7.11 Å². The smallest absolute Gasteiger partial charge is 0.191 e. The van der Waals surface area contributed by atoms with Crippen LogP contribution in [0.15, 0.2) is 4.99 Å². The molecule has 0 amide bonds. The van der Waals surface area contributed by atoms with Gasteiger partial charge in [-0.2, -0.15) is 0 Å². The molecular weight excluding hydrogens is 306 g/mol. The van der Waals surface area contributed by atoms with Crippen LogP contribution in [0.5, 0.6) is 0 Å². The third kappa shape index (κ3) is 6.13. The van der Waals surface area contributed by atoms with Crippen molar-refractivity contribution < 1.29 is 4.74 Å². The lowest BCUT2D eigenvalue weighted by Gasteiger charge is -2.27. The van der Waals surface area contributed by atoms with Gasteiger partial charge in [-0.25, -0.2) is 0 Å². The number of hydrogen-bond acceptors (Lipinski definition) is 4. The lowest BCUT2D eigenvalue weighted by Crippen LogP contribution is -2.38. The van der Waals surface area contributed by atoms with Gasteiger partial charge >= 0.3 is 0 Å². The first-order chi connectivity index (χ1) is 8.88. The minimum atomic E-state index is 0. The monoisotopic (exact) mass is 333 g/mol. The van der Waals surface area contributed by atoms with Crippen LogP contribution in [0.4, 0.5) is 0 Å². The maximum Gasteiger partial charge on any atom is 0.191 e. The number of nitrogens with zero attached hydrogens (tertiary/aromatic N) is 1. The summed E-state index contributed by atoms with van der Waals surface area (Å²) in [6, 6.07) is 0. The highest BCUT2D eigenvalue weighted by Crippen LogP contribution is 2.27. The van der Waals surface area contributed by atoms with Gasteiger partial charge in [-0.05, 0) is 50.9 Å². The molecule has 112 valence electrons. The van der Waals surface area contributed by atoms with Crippen LogP contribution < -0.4 is 10.6 Å². The molecule has 0 saturated heterocycles. The Kier molecular flexibility index (Phi) is 8.46. The van der Waals surface area contributed by atoms with Crippen molar-refractivity contribution in [2.24, 2.45) is 10.9 Å². The second-order valence-corrected chi connectivity index (χ2v) is 5.46. The van der Waals surface area contributed by atoms with Crippen LogP contribution in [0.25, 0.3) is 0 Å². The first kappa shape index (κ1) is 16.8. The third-order valence-electron chi connectivity index (χ3n) is 4.12. The van der Waals surface area contributed by atoms with Gasteiger partial charge < -0.3 is 15.4 Å². The van der Waals surface area contributed by atoms with Gasteiger partial charge in [0.2, 0.25) is 0 Å². The van der Waals surface area contributed by atoms with Gasteiger partial charge in [0.15, 0.2) is 5.96 Å². The molecule has 1 heterocycles. The highest BCUT2D eigenvalue weighted by molar-refractivity contribution is 8.93. The molecule has 1 aliphatic heterocycles. The van der Waals surface area contributed by atoms with Crippen molar-refractivity contribution in [2.75, 3.05) is 26.7 Å². The molecule has 0 spiro atoms. The Balaban J connectivity index is 0.00000180. The van der Waals surface area contributed by atoms with Crippen molar-refractivity contribution in [3.05, 3.63) is 0 Å². The molecule has 1 aliphatic carbocycles. The van der Waals surface area contributed by atoms with E-state index < -0.39 is 0 Å². The van der Waals surface area contributed by atoms with E-state index in [1.54, 1.807) is 0 Å². The molecule has 4 nitrogen and oxygen atoms in total. The van der Waals surface area contributed by atoms with E-state index in [4.69, 9.17) is 4.74 Å². The summed E-state index contributed by atoms with van der Waals surface area (Å²) in [5.41, 5.74) is 0. The van der Waals surface area contributed by atoms with Crippen molar-refractivity contribution in [1.82, 2.24) is 10.6 Å². The topological polar surface area (TPSA) is 45.6 Å². The Hall–Kier alpha value is -0.290. The molecule has 0 unspecified atom stereocenters. The molecule has 0 bridgehead atoms. The summed E-state index contributed by atoms with van der Waals surface area (Å²) in [4.78, 5) is 4.51. The number of halogens is 1. The van der Waals surface area contributed by atoms with Crippen molar-refractivity contribution in [3.63, 3.8) is 0 Å². The minimum absolute atomic E-state index is 0. The summed E-state index contributed by atoms with van der Waals surface area (Å²) in [6.45, 7) is 3.08. The predicted octanol–water partition coefficient (Wildman–Crippen LogP) is 2.49. The van der Waals surface area contributed by atoms with E-state index in [0.717, 1.165) is 31.5 Å². The second-order valence-electron chi connectivity index (χ2n) is 5.46. The Morgan fingerprint density at radius 3 is 2.79 bits per heavy atom. The zero-order valence-corrected chi connectivity index (χ0v) is 13.7. The van der Waals surface area contributed by atoms with Gasteiger partial charge in [-0.3, -0.25) is 4.99 Å². The molecule has 2 rings (SSSR count). The number of methoxy groups -OCH3 is 1. The summed E-state index contributed by atoms with van der Waals surface area (Å²) in [7, 11) is 1.84. The van der Waals surface area contributed by atoms with Crippen LogP contribution in [-0.2, 0) is 4.74 Å². The molecule has 2 N–H and O–H groups in total. The molecule has 0 aromatic rings. The van der Waals surface area contributed by atoms with E-state index in [9.17, 15) is 0 Å². The average Bonchev–Trinajstić information content (AvgIpc) is 2.68. The summed E-state index contributed by atoms with van der Waals surface area (Å²) in [6.07, 6.45) is 9.33. The van der Waals surface area contributed by atoms with Gasteiger partial charge in [0.1, 0.15) is 0 Å². The first-order valence-electron chi connectivity index (χ1n) is 7.43.